The van der Waals surface area contributed by atoms with Crippen LogP contribution in [-0.2, 0) is 19.1 Å². The first-order valence-corrected chi connectivity index (χ1v) is 20.2. The third-order valence-corrected chi connectivity index (χ3v) is 17.4. The summed E-state index contributed by atoms with van der Waals surface area (Å²) in [6, 6.07) is 0.469. The molecule has 6 rings (SSSR count). The number of carbonyl (C=O) groups is 3. The molecule has 0 aromatic heterocycles. The molecule has 0 spiro atoms. The minimum atomic E-state index is -1.14. The van der Waals surface area contributed by atoms with Gasteiger partial charge >= 0.3 is 11.9 Å². The number of esters is 1. The third kappa shape index (κ3) is 5.72. The van der Waals surface area contributed by atoms with E-state index in [1.165, 1.54) is 37.7 Å². The van der Waals surface area contributed by atoms with Gasteiger partial charge < -0.3 is 19.6 Å². The Morgan fingerprint density at radius 1 is 0.880 bits per heavy atom. The van der Waals surface area contributed by atoms with Crippen molar-refractivity contribution in [1.82, 2.24) is 9.80 Å². The second-order valence-electron chi connectivity index (χ2n) is 20.7. The molecule has 0 aromatic rings. The van der Waals surface area contributed by atoms with Crippen molar-refractivity contribution < 1.29 is 24.2 Å². The molecule has 1 saturated heterocycles. The van der Waals surface area contributed by atoms with Crippen LogP contribution in [0.4, 0.5) is 0 Å². The van der Waals surface area contributed by atoms with Gasteiger partial charge in [-0.3, -0.25) is 14.4 Å². The van der Waals surface area contributed by atoms with Gasteiger partial charge in [-0.25, -0.2) is 0 Å². The predicted octanol–water partition coefficient (Wildman–Crippen LogP) is 8.61. The van der Waals surface area contributed by atoms with Crippen LogP contribution in [0.5, 0.6) is 0 Å². The van der Waals surface area contributed by atoms with E-state index in [0.717, 1.165) is 51.6 Å². The average Bonchev–Trinajstić information content (AvgIpc) is 3.65. The monoisotopic (exact) mass is 695 g/mol. The van der Waals surface area contributed by atoms with Crippen LogP contribution < -0.4 is 0 Å². The quantitative estimate of drug-likeness (QED) is 0.202. The molecule has 7 heteroatoms. The molecule has 1 aliphatic heterocycles. The summed E-state index contributed by atoms with van der Waals surface area (Å²) < 4.78 is 6.19. The molecular formula is C43H70N2O5. The summed E-state index contributed by atoms with van der Waals surface area (Å²) in [6.07, 6.45) is 12.9. The van der Waals surface area contributed by atoms with Gasteiger partial charge in [0.25, 0.3) is 0 Å². The lowest BCUT2D eigenvalue weighted by Gasteiger charge is -2.73. The smallest absolute Gasteiger partial charge is 0.309 e. The second-order valence-corrected chi connectivity index (χ2v) is 20.7. The molecule has 5 saturated carbocycles. The highest BCUT2D eigenvalue weighted by Gasteiger charge is 2.71. The summed E-state index contributed by atoms with van der Waals surface area (Å²) in [7, 11) is 4.28. The zero-order valence-electron chi connectivity index (χ0n) is 33.3. The number of hydrogen-bond acceptors (Lipinski definition) is 5. The molecular weight excluding hydrogens is 624 g/mol. The molecule has 6 aliphatic rings. The minimum absolute atomic E-state index is 0.0878. The number of ether oxygens (including phenoxy) is 1. The lowest BCUT2D eigenvalue weighted by atomic mass is 9.32. The van der Waals surface area contributed by atoms with Gasteiger partial charge in [0.2, 0.25) is 5.91 Å². The number of likely N-dealkylation sites (N-methyl/N-ethyl adjacent to an activating group) is 1. The van der Waals surface area contributed by atoms with Gasteiger partial charge in [0.05, 0.1) is 11.8 Å². The van der Waals surface area contributed by atoms with E-state index < -0.39 is 11.4 Å². The zero-order chi connectivity index (χ0) is 36.8. The number of carboxylic acid groups (broad SMARTS) is 1. The number of nitrogens with zero attached hydrogens (tertiary/aromatic N) is 2. The van der Waals surface area contributed by atoms with E-state index in [2.05, 4.69) is 72.0 Å². The van der Waals surface area contributed by atoms with Crippen molar-refractivity contribution in [2.45, 2.75) is 151 Å². The first-order valence-electron chi connectivity index (χ1n) is 20.2. The topological polar surface area (TPSA) is 87.2 Å². The molecule has 6 fully saturated rings. The van der Waals surface area contributed by atoms with Gasteiger partial charge in [-0.2, -0.15) is 0 Å². The van der Waals surface area contributed by atoms with Gasteiger partial charge in [-0.15, -0.1) is 0 Å². The number of carbonyl (C=O) groups excluding carboxylic acids is 2. The highest BCUT2D eigenvalue weighted by Crippen LogP contribution is 2.78. The van der Waals surface area contributed by atoms with Crippen LogP contribution in [-0.4, -0.2) is 72.1 Å². The van der Waals surface area contributed by atoms with Crippen LogP contribution in [0.3, 0.4) is 0 Å². The molecule has 0 radical (unpaired) electrons. The number of amides is 1. The maximum atomic E-state index is 14.1. The summed E-state index contributed by atoms with van der Waals surface area (Å²) in [5, 5.41) is 9.61. The maximum absolute atomic E-state index is 14.1. The lowest BCUT2D eigenvalue weighted by Crippen LogP contribution is -2.67. The fourth-order valence-corrected chi connectivity index (χ4v) is 14.2. The number of hydrogen-bond donors (Lipinski definition) is 1. The van der Waals surface area contributed by atoms with Gasteiger partial charge in [-0.1, -0.05) is 46.8 Å². The lowest BCUT2D eigenvalue weighted by molar-refractivity contribution is -0.250. The van der Waals surface area contributed by atoms with Crippen molar-refractivity contribution in [3.05, 3.63) is 12.2 Å². The Morgan fingerprint density at radius 2 is 1.58 bits per heavy atom. The molecule has 0 aromatic carbocycles. The van der Waals surface area contributed by atoms with E-state index in [1.54, 1.807) is 13.8 Å². The molecule has 50 heavy (non-hydrogen) atoms. The number of carboxylic acids is 1. The summed E-state index contributed by atoms with van der Waals surface area (Å²) >= 11 is 0. The molecule has 11 atom stereocenters. The van der Waals surface area contributed by atoms with Crippen LogP contribution in [0.2, 0.25) is 0 Å². The molecule has 0 unspecified atom stereocenters. The van der Waals surface area contributed by atoms with Crippen molar-refractivity contribution in [3.63, 3.8) is 0 Å². The van der Waals surface area contributed by atoms with Crippen LogP contribution in [0.25, 0.3) is 0 Å². The zero-order valence-corrected chi connectivity index (χ0v) is 33.3. The normalized spacial score (nSPS) is 43.7. The number of fused-ring (bicyclic) bond motifs is 7. The molecule has 282 valence electrons. The summed E-state index contributed by atoms with van der Waals surface area (Å²) in [5.41, 5.74) is 0.658. The molecule has 1 amide bonds. The molecule has 5 aliphatic carbocycles. The van der Waals surface area contributed by atoms with Crippen molar-refractivity contribution in [3.8, 4) is 0 Å². The van der Waals surface area contributed by atoms with E-state index in [9.17, 15) is 19.5 Å². The Kier molecular flexibility index (Phi) is 9.55. The van der Waals surface area contributed by atoms with E-state index in [1.807, 2.05) is 0 Å². The van der Waals surface area contributed by atoms with E-state index in [0.29, 0.717) is 48.0 Å². The standard InChI is InChI=1S/C43H70N2O5/c1-27(2)29-14-20-43(24-34(46)45-23-17-28(26-45)44(10)11)22-21-41(8)30(36(29)43)12-13-32-40(7)18-16-33(50-35(47)25-38(3,4)37(48)49)39(5,6)31(40)15-19-42(32,41)9/h28-33,36H,1,12-26H2,2-11H3,(H,48,49)/t28-,29+,30-,31+,32-,33+,36-,40+,41-,42-,43-/m1/s1. The number of rotatable bonds is 8. The molecule has 7 nitrogen and oxygen atoms in total. The number of likely N-dealkylation sites (tertiary alicyclic amines) is 1. The number of allylic oxidation sites excluding steroid dienone is 1. The Morgan fingerprint density at radius 3 is 2.20 bits per heavy atom. The summed E-state index contributed by atoms with van der Waals surface area (Å²) in [5.74, 6) is 1.71. The fraction of sp³-hybridized carbons (Fsp3) is 0.884. The van der Waals surface area contributed by atoms with Crippen LogP contribution in [0.1, 0.15) is 139 Å². The Labute approximate surface area is 303 Å². The Bertz CT molecular complexity index is 1390. The minimum Gasteiger partial charge on any atom is -0.481 e. The largest absolute Gasteiger partial charge is 0.481 e. The predicted molar refractivity (Wildman–Crippen MR) is 198 cm³/mol. The van der Waals surface area contributed by atoms with Gasteiger partial charge in [0, 0.05) is 31.0 Å². The van der Waals surface area contributed by atoms with Gasteiger partial charge in [0.15, 0.2) is 0 Å². The highest BCUT2D eigenvalue weighted by molar-refractivity contribution is 5.81. The summed E-state index contributed by atoms with van der Waals surface area (Å²) in [4.78, 5) is 43.4. The van der Waals surface area contributed by atoms with Crippen molar-refractivity contribution in [2.75, 3.05) is 27.2 Å². The Hall–Kier alpha value is -1.89. The van der Waals surface area contributed by atoms with E-state index >= 15 is 0 Å². The molecule has 1 N–H and O–H groups in total. The van der Waals surface area contributed by atoms with Crippen LogP contribution >= 0.6 is 0 Å². The Balaban J connectivity index is 1.24. The molecule has 1 heterocycles. The van der Waals surface area contributed by atoms with Crippen molar-refractivity contribution in [2.24, 2.45) is 62.1 Å². The van der Waals surface area contributed by atoms with Crippen molar-refractivity contribution >= 4 is 17.8 Å². The SMILES string of the molecule is C=C(C)[C@@H]1CC[C@]2(CC(=O)N3CC[C@@H](N(C)C)C3)CC[C@]3(C)[C@H](CC[C@@H]4[C@@]5(C)CC[C@H](OC(=O)CC(C)(C)C(=O)O)C(C)(C)[C@@H]5CC[C@]43C)[C@@H]12. The van der Waals surface area contributed by atoms with E-state index in [-0.39, 0.29) is 45.6 Å². The molecule has 0 bridgehead atoms. The summed E-state index contributed by atoms with van der Waals surface area (Å²) in [6.45, 7) is 24.3. The first-order chi connectivity index (χ1) is 23.1. The maximum Gasteiger partial charge on any atom is 0.309 e. The second kappa shape index (κ2) is 12.6. The van der Waals surface area contributed by atoms with Crippen molar-refractivity contribution in [1.29, 1.82) is 0 Å². The van der Waals surface area contributed by atoms with Gasteiger partial charge in [-0.05, 0) is 157 Å². The van der Waals surface area contributed by atoms with Gasteiger partial charge in [0.1, 0.15) is 6.10 Å². The first kappa shape index (κ1) is 37.9. The fourth-order valence-electron chi connectivity index (χ4n) is 14.2. The highest BCUT2D eigenvalue weighted by atomic mass is 16.5. The third-order valence-electron chi connectivity index (χ3n) is 17.4. The van der Waals surface area contributed by atoms with E-state index in [4.69, 9.17) is 4.74 Å². The number of aliphatic carboxylic acids is 1. The van der Waals surface area contributed by atoms with Crippen LogP contribution in [0, 0.1) is 62.1 Å². The average molecular weight is 695 g/mol. The van der Waals surface area contributed by atoms with Crippen LogP contribution in [0.15, 0.2) is 12.2 Å².